The Morgan fingerprint density at radius 2 is 1.80 bits per heavy atom. The zero-order valence-corrected chi connectivity index (χ0v) is 9.15. The minimum absolute atomic E-state index is 0.797. The van der Waals surface area contributed by atoms with Crippen LogP contribution in [-0.2, 0) is 0 Å². The smallest absolute Gasteiger partial charge is 0.0696 e. The molecule has 0 aliphatic heterocycles. The normalized spacial score (nSPS) is 24.0. The van der Waals surface area contributed by atoms with E-state index in [2.05, 4.69) is 17.3 Å². The second-order valence-corrected chi connectivity index (χ2v) is 4.55. The highest BCUT2D eigenvalue weighted by molar-refractivity contribution is 5.80. The van der Waals surface area contributed by atoms with E-state index in [4.69, 9.17) is 5.21 Å². The van der Waals surface area contributed by atoms with Crippen molar-refractivity contribution in [2.24, 2.45) is 11.1 Å². The molecule has 0 bridgehead atoms. The van der Waals surface area contributed by atoms with Crippen molar-refractivity contribution in [1.82, 2.24) is 0 Å². The van der Waals surface area contributed by atoms with Crippen molar-refractivity contribution >= 4 is 6.21 Å². The van der Waals surface area contributed by atoms with Gasteiger partial charge in [-0.25, -0.2) is 0 Å². The first-order valence-electron chi connectivity index (χ1n) is 5.98. The second kappa shape index (κ2) is 5.15. The summed E-state index contributed by atoms with van der Waals surface area (Å²) in [6.07, 6.45) is 15.1. The molecule has 2 rings (SSSR count). The molecule has 1 saturated carbocycles. The van der Waals surface area contributed by atoms with E-state index in [1.165, 1.54) is 43.3 Å². The van der Waals surface area contributed by atoms with E-state index in [0.29, 0.717) is 0 Å². The zero-order valence-electron chi connectivity index (χ0n) is 9.15. The number of oxime groups is 1. The van der Waals surface area contributed by atoms with Gasteiger partial charge in [-0.05, 0) is 49.2 Å². The molecule has 0 heterocycles. The fourth-order valence-electron chi connectivity index (χ4n) is 2.60. The zero-order chi connectivity index (χ0) is 10.5. The molecule has 0 spiro atoms. The predicted molar refractivity (Wildman–Crippen MR) is 62.3 cm³/mol. The molecule has 0 unspecified atom stereocenters. The topological polar surface area (TPSA) is 32.6 Å². The lowest BCUT2D eigenvalue weighted by molar-refractivity contribution is 0.321. The molecule has 15 heavy (non-hydrogen) atoms. The van der Waals surface area contributed by atoms with Crippen LogP contribution in [0, 0.1) is 5.92 Å². The van der Waals surface area contributed by atoms with Crippen molar-refractivity contribution in [3.8, 4) is 0 Å². The van der Waals surface area contributed by atoms with Gasteiger partial charge in [0.25, 0.3) is 0 Å². The first kappa shape index (κ1) is 10.5. The fourth-order valence-corrected chi connectivity index (χ4v) is 2.60. The molecule has 0 atom stereocenters. The Kier molecular flexibility index (Phi) is 3.59. The van der Waals surface area contributed by atoms with E-state index in [1.807, 2.05) is 0 Å². The molecule has 0 aromatic heterocycles. The summed E-state index contributed by atoms with van der Waals surface area (Å²) in [7, 11) is 0. The Bertz CT molecular complexity index is 296. The molecule has 0 radical (unpaired) electrons. The van der Waals surface area contributed by atoms with Gasteiger partial charge in [0, 0.05) is 0 Å². The molecule has 1 N–H and O–H groups in total. The molecule has 0 aromatic rings. The van der Waals surface area contributed by atoms with Gasteiger partial charge in [-0.2, -0.15) is 0 Å². The van der Waals surface area contributed by atoms with Gasteiger partial charge in [0.2, 0.25) is 0 Å². The van der Waals surface area contributed by atoms with Gasteiger partial charge in [0.05, 0.1) is 6.21 Å². The van der Waals surface area contributed by atoms with Crippen molar-refractivity contribution in [3.63, 3.8) is 0 Å². The molecule has 2 heteroatoms. The Hall–Kier alpha value is -1.05. The van der Waals surface area contributed by atoms with Crippen LogP contribution in [0.1, 0.15) is 44.9 Å². The molecule has 82 valence electrons. The summed E-state index contributed by atoms with van der Waals surface area (Å²) in [6, 6.07) is 0. The SMILES string of the molecule is O/N=C/C1=C(/C=C/C2CCCC2)CCC1. The molecular formula is C13H19NO. The first-order chi connectivity index (χ1) is 7.40. The van der Waals surface area contributed by atoms with Gasteiger partial charge in [-0.3, -0.25) is 0 Å². The van der Waals surface area contributed by atoms with E-state index in [1.54, 1.807) is 6.21 Å². The van der Waals surface area contributed by atoms with Crippen molar-refractivity contribution in [2.45, 2.75) is 44.9 Å². The summed E-state index contributed by atoms with van der Waals surface area (Å²) in [6.45, 7) is 0. The third-order valence-corrected chi connectivity index (χ3v) is 3.49. The third kappa shape index (κ3) is 2.71. The highest BCUT2D eigenvalue weighted by Crippen LogP contribution is 2.29. The van der Waals surface area contributed by atoms with Crippen LogP contribution in [0.25, 0.3) is 0 Å². The summed E-state index contributed by atoms with van der Waals surface area (Å²) >= 11 is 0. The van der Waals surface area contributed by atoms with Crippen LogP contribution in [-0.4, -0.2) is 11.4 Å². The lowest BCUT2D eigenvalue weighted by atomic mass is 10.0. The van der Waals surface area contributed by atoms with E-state index in [0.717, 1.165) is 18.8 Å². The molecule has 0 aromatic carbocycles. The average molecular weight is 205 g/mol. The molecule has 1 fully saturated rings. The van der Waals surface area contributed by atoms with Gasteiger partial charge < -0.3 is 5.21 Å². The maximum Gasteiger partial charge on any atom is 0.0696 e. The first-order valence-corrected chi connectivity index (χ1v) is 5.98. The maximum atomic E-state index is 8.54. The summed E-state index contributed by atoms with van der Waals surface area (Å²) in [4.78, 5) is 0. The quantitative estimate of drug-likeness (QED) is 0.425. The van der Waals surface area contributed by atoms with Crippen molar-refractivity contribution in [3.05, 3.63) is 23.3 Å². The molecule has 2 aliphatic carbocycles. The minimum atomic E-state index is 0.797. The standard InChI is InChI=1S/C13H19NO/c15-14-10-13-7-3-6-12(13)9-8-11-4-1-2-5-11/h8-11,15H,1-7H2/b9-8+,14-10+. The third-order valence-electron chi connectivity index (χ3n) is 3.49. The molecule has 2 nitrogen and oxygen atoms in total. The van der Waals surface area contributed by atoms with Crippen LogP contribution >= 0.6 is 0 Å². The number of rotatable bonds is 3. The largest absolute Gasteiger partial charge is 0.411 e. The lowest BCUT2D eigenvalue weighted by Gasteiger charge is -2.01. The Labute approximate surface area is 91.4 Å². The molecule has 2 aliphatic rings. The second-order valence-electron chi connectivity index (χ2n) is 4.55. The Morgan fingerprint density at radius 1 is 1.07 bits per heavy atom. The Balaban J connectivity index is 1.99. The van der Waals surface area contributed by atoms with Crippen LogP contribution < -0.4 is 0 Å². The summed E-state index contributed by atoms with van der Waals surface area (Å²) < 4.78 is 0. The highest BCUT2D eigenvalue weighted by Gasteiger charge is 2.14. The predicted octanol–water partition coefficient (Wildman–Crippen LogP) is 3.67. The van der Waals surface area contributed by atoms with Crippen LogP contribution in [0.2, 0.25) is 0 Å². The van der Waals surface area contributed by atoms with E-state index < -0.39 is 0 Å². The monoisotopic (exact) mass is 205 g/mol. The number of hydrogen-bond acceptors (Lipinski definition) is 2. The van der Waals surface area contributed by atoms with Crippen LogP contribution in [0.5, 0.6) is 0 Å². The van der Waals surface area contributed by atoms with E-state index >= 15 is 0 Å². The van der Waals surface area contributed by atoms with Gasteiger partial charge in [0.15, 0.2) is 0 Å². The minimum Gasteiger partial charge on any atom is -0.411 e. The number of nitrogens with zero attached hydrogens (tertiary/aromatic N) is 1. The maximum absolute atomic E-state index is 8.54. The van der Waals surface area contributed by atoms with Crippen molar-refractivity contribution < 1.29 is 5.21 Å². The van der Waals surface area contributed by atoms with Crippen molar-refractivity contribution in [1.29, 1.82) is 0 Å². The summed E-state index contributed by atoms with van der Waals surface area (Å²) in [5, 5.41) is 11.7. The molecule has 0 saturated heterocycles. The van der Waals surface area contributed by atoms with E-state index in [-0.39, 0.29) is 0 Å². The van der Waals surface area contributed by atoms with Gasteiger partial charge in [0.1, 0.15) is 0 Å². The van der Waals surface area contributed by atoms with Gasteiger partial charge in [-0.1, -0.05) is 30.1 Å². The van der Waals surface area contributed by atoms with Crippen LogP contribution in [0.4, 0.5) is 0 Å². The fraction of sp³-hybridized carbons (Fsp3) is 0.615. The van der Waals surface area contributed by atoms with Crippen LogP contribution in [0.3, 0.4) is 0 Å². The van der Waals surface area contributed by atoms with Gasteiger partial charge in [-0.15, -0.1) is 0 Å². The molecule has 0 amide bonds. The summed E-state index contributed by atoms with van der Waals surface area (Å²) in [5.74, 6) is 0.797. The average Bonchev–Trinajstić information content (AvgIpc) is 2.85. The lowest BCUT2D eigenvalue weighted by Crippen LogP contribution is -1.87. The Morgan fingerprint density at radius 3 is 2.53 bits per heavy atom. The summed E-state index contributed by atoms with van der Waals surface area (Å²) in [5.41, 5.74) is 2.59. The van der Waals surface area contributed by atoms with Crippen molar-refractivity contribution in [2.75, 3.05) is 0 Å². The number of hydrogen-bond donors (Lipinski definition) is 1. The van der Waals surface area contributed by atoms with Gasteiger partial charge >= 0.3 is 0 Å². The molecular weight excluding hydrogens is 186 g/mol. The van der Waals surface area contributed by atoms with E-state index in [9.17, 15) is 0 Å². The number of allylic oxidation sites excluding steroid dienone is 4. The van der Waals surface area contributed by atoms with Crippen LogP contribution in [0.15, 0.2) is 28.5 Å². The highest BCUT2D eigenvalue weighted by atomic mass is 16.4.